The molecular formula is C20H23N3O. The molecule has 24 heavy (non-hydrogen) atoms. The lowest BCUT2D eigenvalue weighted by molar-refractivity contribution is 0.140. The molecule has 0 aliphatic rings. The zero-order chi connectivity index (χ0) is 16.6. The highest BCUT2D eigenvalue weighted by Gasteiger charge is 2.07. The van der Waals surface area contributed by atoms with Crippen LogP contribution in [0.4, 0.5) is 0 Å². The van der Waals surface area contributed by atoms with E-state index in [0.29, 0.717) is 0 Å². The van der Waals surface area contributed by atoms with Crippen LogP contribution in [-0.2, 0) is 17.8 Å². The largest absolute Gasteiger partial charge is 0.383 e. The van der Waals surface area contributed by atoms with Gasteiger partial charge in [-0.3, -0.25) is 4.90 Å². The summed E-state index contributed by atoms with van der Waals surface area (Å²) in [6.45, 7) is 3.47. The van der Waals surface area contributed by atoms with E-state index in [-0.39, 0.29) is 0 Å². The lowest BCUT2D eigenvalue weighted by atomic mass is 10.1. The van der Waals surface area contributed by atoms with E-state index in [1.165, 1.54) is 11.1 Å². The minimum absolute atomic E-state index is 0.734. The Morgan fingerprint density at radius 1 is 0.917 bits per heavy atom. The SMILES string of the molecule is COCCN(Cc1ccccc1)Cc1ccc(-n2cccn2)cc1. The number of benzene rings is 2. The second kappa shape index (κ2) is 8.43. The number of methoxy groups -OCH3 is 1. The highest BCUT2D eigenvalue weighted by Crippen LogP contribution is 2.13. The van der Waals surface area contributed by atoms with Crippen LogP contribution in [0.2, 0.25) is 0 Å². The van der Waals surface area contributed by atoms with E-state index in [4.69, 9.17) is 4.74 Å². The van der Waals surface area contributed by atoms with Crippen LogP contribution in [0.25, 0.3) is 5.69 Å². The average Bonchev–Trinajstić information content (AvgIpc) is 3.16. The third kappa shape index (κ3) is 4.54. The summed E-state index contributed by atoms with van der Waals surface area (Å²) in [5.41, 5.74) is 3.69. The van der Waals surface area contributed by atoms with Crippen molar-refractivity contribution in [3.8, 4) is 5.69 Å². The molecule has 4 heteroatoms. The normalized spacial score (nSPS) is 11.1. The van der Waals surface area contributed by atoms with Gasteiger partial charge in [0.05, 0.1) is 12.3 Å². The van der Waals surface area contributed by atoms with E-state index in [1.54, 1.807) is 13.3 Å². The molecule has 0 radical (unpaired) electrons. The molecule has 0 saturated heterocycles. The summed E-state index contributed by atoms with van der Waals surface area (Å²) in [5, 5.41) is 4.26. The Kier molecular flexibility index (Phi) is 5.77. The van der Waals surface area contributed by atoms with Crippen molar-refractivity contribution in [3.05, 3.63) is 84.2 Å². The molecule has 4 nitrogen and oxygen atoms in total. The third-order valence-electron chi connectivity index (χ3n) is 3.97. The highest BCUT2D eigenvalue weighted by atomic mass is 16.5. The number of hydrogen-bond donors (Lipinski definition) is 0. The number of rotatable bonds is 8. The second-order valence-corrected chi connectivity index (χ2v) is 5.81. The van der Waals surface area contributed by atoms with E-state index < -0.39 is 0 Å². The van der Waals surface area contributed by atoms with Gasteiger partial charge in [-0.15, -0.1) is 0 Å². The lowest BCUT2D eigenvalue weighted by Crippen LogP contribution is -2.26. The van der Waals surface area contributed by atoms with Crippen molar-refractivity contribution < 1.29 is 4.74 Å². The van der Waals surface area contributed by atoms with Crippen LogP contribution in [0.3, 0.4) is 0 Å². The van der Waals surface area contributed by atoms with Gasteiger partial charge >= 0.3 is 0 Å². The van der Waals surface area contributed by atoms with Crippen molar-refractivity contribution in [1.82, 2.24) is 14.7 Å². The van der Waals surface area contributed by atoms with Crippen molar-refractivity contribution in [2.24, 2.45) is 0 Å². The summed E-state index contributed by atoms with van der Waals surface area (Å²) in [5.74, 6) is 0. The van der Waals surface area contributed by atoms with Crippen molar-refractivity contribution >= 4 is 0 Å². The monoisotopic (exact) mass is 321 g/mol. The van der Waals surface area contributed by atoms with Crippen LogP contribution < -0.4 is 0 Å². The predicted molar refractivity (Wildman–Crippen MR) is 96.0 cm³/mol. The predicted octanol–water partition coefficient (Wildman–Crippen LogP) is 3.52. The zero-order valence-corrected chi connectivity index (χ0v) is 14.0. The van der Waals surface area contributed by atoms with Crippen molar-refractivity contribution in [2.45, 2.75) is 13.1 Å². The number of nitrogens with zero attached hydrogens (tertiary/aromatic N) is 3. The maximum atomic E-state index is 5.26. The van der Waals surface area contributed by atoms with Gasteiger partial charge in [-0.05, 0) is 29.3 Å². The van der Waals surface area contributed by atoms with Crippen LogP contribution >= 0.6 is 0 Å². The fourth-order valence-corrected chi connectivity index (χ4v) is 2.71. The van der Waals surface area contributed by atoms with Crippen molar-refractivity contribution in [2.75, 3.05) is 20.3 Å². The summed E-state index contributed by atoms with van der Waals surface area (Å²) in [6.07, 6.45) is 3.75. The summed E-state index contributed by atoms with van der Waals surface area (Å²) in [6, 6.07) is 21.0. The smallest absolute Gasteiger partial charge is 0.0645 e. The number of hydrogen-bond acceptors (Lipinski definition) is 3. The van der Waals surface area contributed by atoms with Gasteiger partial charge in [-0.2, -0.15) is 5.10 Å². The molecule has 0 fully saturated rings. The fourth-order valence-electron chi connectivity index (χ4n) is 2.71. The first kappa shape index (κ1) is 16.4. The standard InChI is InChI=1S/C20H23N3O/c1-24-15-14-22(16-18-6-3-2-4-7-18)17-19-8-10-20(11-9-19)23-13-5-12-21-23/h2-13H,14-17H2,1H3. The Balaban J connectivity index is 1.67. The minimum atomic E-state index is 0.734. The van der Waals surface area contributed by atoms with Gasteiger partial charge in [-0.1, -0.05) is 42.5 Å². The molecule has 124 valence electrons. The Morgan fingerprint density at radius 3 is 2.25 bits per heavy atom. The molecule has 3 rings (SSSR count). The average molecular weight is 321 g/mol. The molecular weight excluding hydrogens is 298 g/mol. The fraction of sp³-hybridized carbons (Fsp3) is 0.250. The second-order valence-electron chi connectivity index (χ2n) is 5.81. The van der Waals surface area contributed by atoms with Crippen LogP contribution in [0.15, 0.2) is 73.1 Å². The molecule has 0 N–H and O–H groups in total. The topological polar surface area (TPSA) is 30.3 Å². The molecule has 0 saturated carbocycles. The first-order chi connectivity index (χ1) is 11.8. The first-order valence-electron chi connectivity index (χ1n) is 8.19. The molecule has 0 atom stereocenters. The zero-order valence-electron chi connectivity index (χ0n) is 14.0. The number of aromatic nitrogens is 2. The Morgan fingerprint density at radius 2 is 1.62 bits per heavy atom. The molecule has 0 aliphatic heterocycles. The maximum absolute atomic E-state index is 5.26. The molecule has 0 amide bonds. The van der Waals surface area contributed by atoms with E-state index in [9.17, 15) is 0 Å². The summed E-state index contributed by atoms with van der Waals surface area (Å²) in [4.78, 5) is 2.40. The summed E-state index contributed by atoms with van der Waals surface area (Å²) < 4.78 is 7.13. The molecule has 0 bridgehead atoms. The van der Waals surface area contributed by atoms with E-state index in [2.05, 4.69) is 64.6 Å². The number of ether oxygens (including phenoxy) is 1. The first-order valence-corrected chi connectivity index (χ1v) is 8.19. The lowest BCUT2D eigenvalue weighted by Gasteiger charge is -2.22. The molecule has 1 heterocycles. The van der Waals surface area contributed by atoms with Crippen LogP contribution in [0.5, 0.6) is 0 Å². The molecule has 3 aromatic rings. The highest BCUT2D eigenvalue weighted by molar-refractivity contribution is 5.33. The molecule has 0 aliphatic carbocycles. The van der Waals surface area contributed by atoms with Gasteiger partial charge < -0.3 is 4.74 Å². The molecule has 0 spiro atoms. The Hall–Kier alpha value is -2.43. The third-order valence-corrected chi connectivity index (χ3v) is 3.97. The molecule has 2 aromatic carbocycles. The van der Waals surface area contributed by atoms with Crippen LogP contribution in [0.1, 0.15) is 11.1 Å². The molecule has 0 unspecified atom stereocenters. The van der Waals surface area contributed by atoms with Crippen molar-refractivity contribution in [1.29, 1.82) is 0 Å². The van der Waals surface area contributed by atoms with E-state index in [0.717, 1.165) is 31.9 Å². The van der Waals surface area contributed by atoms with Gasteiger partial charge in [0.15, 0.2) is 0 Å². The Bertz CT molecular complexity index is 708. The maximum Gasteiger partial charge on any atom is 0.0645 e. The van der Waals surface area contributed by atoms with Gasteiger partial charge in [0.2, 0.25) is 0 Å². The van der Waals surface area contributed by atoms with Gasteiger partial charge in [0, 0.05) is 39.1 Å². The van der Waals surface area contributed by atoms with Crippen molar-refractivity contribution in [3.63, 3.8) is 0 Å². The quantitative estimate of drug-likeness (QED) is 0.636. The van der Waals surface area contributed by atoms with E-state index in [1.807, 2.05) is 16.9 Å². The van der Waals surface area contributed by atoms with Crippen LogP contribution in [-0.4, -0.2) is 34.9 Å². The van der Waals surface area contributed by atoms with Crippen LogP contribution in [0, 0.1) is 0 Å². The summed E-state index contributed by atoms with van der Waals surface area (Å²) in [7, 11) is 1.75. The Labute approximate surface area is 143 Å². The van der Waals surface area contributed by atoms with Gasteiger partial charge in [0.25, 0.3) is 0 Å². The van der Waals surface area contributed by atoms with E-state index >= 15 is 0 Å². The summed E-state index contributed by atoms with van der Waals surface area (Å²) >= 11 is 0. The van der Waals surface area contributed by atoms with Gasteiger partial charge in [-0.25, -0.2) is 4.68 Å². The minimum Gasteiger partial charge on any atom is -0.383 e. The van der Waals surface area contributed by atoms with Gasteiger partial charge in [0.1, 0.15) is 0 Å². The molecule has 1 aromatic heterocycles.